The zero-order chi connectivity index (χ0) is 28.5. The highest BCUT2D eigenvalue weighted by Gasteiger charge is 2.36. The molecule has 2 nitrogen and oxygen atoms in total. The molecule has 0 rings (SSSR count). The van der Waals surface area contributed by atoms with Gasteiger partial charge in [0, 0.05) is 24.6 Å². The Morgan fingerprint density at radius 3 is 1.50 bits per heavy atom. The smallest absolute Gasteiger partial charge is 0.174 e. The number of rotatable bonds is 27. The Bertz CT molecular complexity index is 563. The van der Waals surface area contributed by atoms with Crippen LogP contribution in [0.5, 0.6) is 0 Å². The van der Waals surface area contributed by atoms with E-state index in [0.717, 1.165) is 48.2 Å². The third-order valence-corrected chi connectivity index (χ3v) is 13.5. The molecule has 0 N–H and O–H groups in total. The van der Waals surface area contributed by atoms with Crippen LogP contribution < -0.4 is 0 Å². The molecule has 0 amide bonds. The van der Waals surface area contributed by atoms with Crippen molar-refractivity contribution in [3.8, 4) is 0 Å². The zero-order valence-electron chi connectivity index (χ0n) is 26.7. The molecule has 0 fully saturated rings. The highest BCUT2D eigenvalue weighted by Crippen LogP contribution is 2.55. The summed E-state index contributed by atoms with van der Waals surface area (Å²) in [5.74, 6) is 2.20. The third-order valence-electron chi connectivity index (χ3n) is 8.27. The van der Waals surface area contributed by atoms with Crippen LogP contribution in [0.1, 0.15) is 170 Å². The molecule has 2 atom stereocenters. The highest BCUT2D eigenvalue weighted by molar-refractivity contribution is 8.23. The van der Waals surface area contributed by atoms with Gasteiger partial charge in [0.15, 0.2) is 7.29 Å². The van der Waals surface area contributed by atoms with Crippen molar-refractivity contribution in [1.82, 2.24) is 4.67 Å². The van der Waals surface area contributed by atoms with Crippen molar-refractivity contribution >= 4 is 35.6 Å². The van der Waals surface area contributed by atoms with Crippen LogP contribution in [0.4, 0.5) is 0 Å². The quantitative estimate of drug-likeness (QED) is 0.0539. The molecule has 0 bridgehead atoms. The summed E-state index contributed by atoms with van der Waals surface area (Å²) in [5.41, 5.74) is 0. The van der Waals surface area contributed by atoms with Gasteiger partial charge in [-0.1, -0.05) is 168 Å². The summed E-state index contributed by atoms with van der Waals surface area (Å²) in [5, 5.41) is 0. The number of thiocarbonyl (C=S) groups is 1. The lowest BCUT2D eigenvalue weighted by Gasteiger charge is -2.38. The summed E-state index contributed by atoms with van der Waals surface area (Å²) in [6, 6.07) is 0. The maximum atomic E-state index is 15.2. The second-order valence-electron chi connectivity index (χ2n) is 11.8. The van der Waals surface area contributed by atoms with E-state index in [9.17, 15) is 0 Å². The van der Waals surface area contributed by atoms with Crippen molar-refractivity contribution in [3.63, 3.8) is 0 Å². The van der Waals surface area contributed by atoms with Crippen LogP contribution in [0.2, 0.25) is 0 Å². The van der Waals surface area contributed by atoms with Crippen LogP contribution in [0.15, 0.2) is 0 Å². The Balaban J connectivity index is 5.65. The number of hydrogen-bond acceptors (Lipinski definition) is 3. The Morgan fingerprint density at radius 2 is 1.05 bits per heavy atom. The summed E-state index contributed by atoms with van der Waals surface area (Å²) in [6.45, 7) is 14.6. The van der Waals surface area contributed by atoms with E-state index in [0.29, 0.717) is 11.8 Å². The standard InChI is InChI=1S/C33H68NOPS2/c1-7-13-17-19-21-23-27-34(33(37)38-28-24-22-20-18-14-8-2)36(35,29-31(11-5)25-15-9-3)30-32(12-6)26-16-10-4/h31-32H,7-30H2,1-6H3. The fraction of sp³-hybridized carbons (Fsp3) is 0.970. The summed E-state index contributed by atoms with van der Waals surface area (Å²) in [6.07, 6.45) is 26.9. The first kappa shape index (κ1) is 38.5. The second kappa shape index (κ2) is 26.4. The lowest BCUT2D eigenvalue weighted by molar-refractivity contribution is 0.435. The topological polar surface area (TPSA) is 20.3 Å². The molecular weight excluding hydrogens is 521 g/mol. The minimum Gasteiger partial charge on any atom is -0.308 e. The van der Waals surface area contributed by atoms with Crippen LogP contribution >= 0.6 is 31.3 Å². The molecule has 0 aromatic rings. The minimum absolute atomic E-state index is 0.558. The first-order chi connectivity index (χ1) is 18.4. The van der Waals surface area contributed by atoms with E-state index >= 15 is 4.57 Å². The first-order valence-electron chi connectivity index (χ1n) is 16.9. The van der Waals surface area contributed by atoms with E-state index in [1.165, 1.54) is 109 Å². The van der Waals surface area contributed by atoms with Crippen molar-refractivity contribution in [1.29, 1.82) is 0 Å². The Hall–Kier alpha value is 0.470. The van der Waals surface area contributed by atoms with Gasteiger partial charge in [0.25, 0.3) is 0 Å². The number of hydrogen-bond donors (Lipinski definition) is 0. The van der Waals surface area contributed by atoms with Crippen LogP contribution in [0.25, 0.3) is 0 Å². The van der Waals surface area contributed by atoms with Crippen molar-refractivity contribution in [2.45, 2.75) is 170 Å². The van der Waals surface area contributed by atoms with Gasteiger partial charge in [0.2, 0.25) is 0 Å². The van der Waals surface area contributed by atoms with Gasteiger partial charge in [0.05, 0.1) is 0 Å². The molecule has 0 saturated heterocycles. The van der Waals surface area contributed by atoms with Crippen molar-refractivity contribution in [3.05, 3.63) is 0 Å². The van der Waals surface area contributed by atoms with Gasteiger partial charge in [-0.25, -0.2) is 0 Å². The van der Waals surface area contributed by atoms with Gasteiger partial charge in [-0.3, -0.25) is 0 Å². The molecule has 0 saturated carbocycles. The maximum absolute atomic E-state index is 15.2. The Morgan fingerprint density at radius 1 is 0.632 bits per heavy atom. The first-order valence-corrected chi connectivity index (χ1v) is 20.4. The lowest BCUT2D eigenvalue weighted by Crippen LogP contribution is -2.32. The van der Waals surface area contributed by atoms with Crippen LogP contribution in [-0.4, -0.2) is 33.6 Å². The van der Waals surface area contributed by atoms with Gasteiger partial charge in [0.1, 0.15) is 4.32 Å². The largest absolute Gasteiger partial charge is 0.308 e. The van der Waals surface area contributed by atoms with Crippen molar-refractivity contribution < 1.29 is 4.57 Å². The molecule has 228 valence electrons. The summed E-state index contributed by atoms with van der Waals surface area (Å²) in [4.78, 5) is 0. The predicted molar refractivity (Wildman–Crippen MR) is 182 cm³/mol. The Kier molecular flexibility index (Phi) is 26.7. The lowest BCUT2D eigenvalue weighted by atomic mass is 10.0. The SMILES string of the molecule is CCCCCCCCSC(=S)N(CCCCCCCC)P(=O)(CC(CC)CCCC)CC(CC)CCCC. The fourth-order valence-corrected chi connectivity index (χ4v) is 11.5. The van der Waals surface area contributed by atoms with Gasteiger partial charge in [-0.15, -0.1) is 0 Å². The van der Waals surface area contributed by atoms with Crippen molar-refractivity contribution in [2.75, 3.05) is 24.6 Å². The molecule has 0 heterocycles. The normalized spacial score (nSPS) is 14.8. The molecule has 0 radical (unpaired) electrons. The van der Waals surface area contributed by atoms with Gasteiger partial charge < -0.3 is 9.24 Å². The zero-order valence-corrected chi connectivity index (χ0v) is 29.3. The van der Waals surface area contributed by atoms with E-state index in [1.807, 2.05) is 11.8 Å². The molecule has 0 spiro atoms. The molecule has 0 aliphatic rings. The third kappa shape index (κ3) is 18.7. The van der Waals surface area contributed by atoms with Crippen molar-refractivity contribution in [2.24, 2.45) is 11.8 Å². The minimum atomic E-state index is -2.57. The second-order valence-corrected chi connectivity index (χ2v) is 16.5. The van der Waals surface area contributed by atoms with E-state index in [4.69, 9.17) is 12.2 Å². The van der Waals surface area contributed by atoms with E-state index in [1.54, 1.807) is 0 Å². The molecule has 5 heteroatoms. The monoisotopic (exact) mass is 589 g/mol. The summed E-state index contributed by atoms with van der Waals surface area (Å²) < 4.78 is 18.5. The molecule has 0 aliphatic heterocycles. The summed E-state index contributed by atoms with van der Waals surface area (Å²) in [7, 11) is -2.57. The van der Waals surface area contributed by atoms with E-state index < -0.39 is 7.29 Å². The molecular formula is C33H68NOPS2. The highest BCUT2D eigenvalue weighted by atomic mass is 32.2. The van der Waals surface area contributed by atoms with Gasteiger partial charge >= 0.3 is 0 Å². The van der Waals surface area contributed by atoms with Crippen LogP contribution in [0.3, 0.4) is 0 Å². The van der Waals surface area contributed by atoms with Gasteiger partial charge in [-0.05, 0) is 37.5 Å². The van der Waals surface area contributed by atoms with Crippen LogP contribution in [0, 0.1) is 11.8 Å². The maximum Gasteiger partial charge on any atom is 0.174 e. The molecule has 2 unspecified atom stereocenters. The summed E-state index contributed by atoms with van der Waals surface area (Å²) >= 11 is 7.97. The van der Waals surface area contributed by atoms with Crippen LogP contribution in [-0.2, 0) is 4.57 Å². The molecule has 0 aromatic heterocycles. The number of thioether (sulfide) groups is 1. The fourth-order valence-electron chi connectivity index (χ4n) is 5.49. The number of nitrogens with zero attached hydrogens (tertiary/aromatic N) is 1. The molecule has 0 aliphatic carbocycles. The van der Waals surface area contributed by atoms with Gasteiger partial charge in [-0.2, -0.15) is 0 Å². The number of unbranched alkanes of at least 4 members (excludes halogenated alkanes) is 12. The average Bonchev–Trinajstić information content (AvgIpc) is 2.92. The average molecular weight is 590 g/mol. The Labute approximate surface area is 250 Å². The molecule has 38 heavy (non-hydrogen) atoms. The van der Waals surface area contributed by atoms with E-state index in [-0.39, 0.29) is 0 Å². The van der Waals surface area contributed by atoms with E-state index in [2.05, 4.69) is 46.2 Å². The molecule has 0 aromatic carbocycles. The predicted octanol–water partition coefficient (Wildman–Crippen LogP) is 12.7.